The van der Waals surface area contributed by atoms with Crippen molar-refractivity contribution >= 4 is 11.5 Å². The minimum absolute atomic E-state index is 0.170. The molecule has 7 nitrogen and oxygen atoms in total. The lowest BCUT2D eigenvalue weighted by Gasteiger charge is -2.19. The number of aromatic nitrogens is 2. The Kier molecular flexibility index (Phi) is 6.35. The smallest absolute Gasteiger partial charge is 0.307 e. The highest BCUT2D eigenvalue weighted by atomic mass is 16.2. The van der Waals surface area contributed by atoms with Gasteiger partial charge in [-0.3, -0.25) is 13.9 Å². The molecule has 0 saturated heterocycles. The van der Waals surface area contributed by atoms with Gasteiger partial charge in [0.25, 0.3) is 5.56 Å². The van der Waals surface area contributed by atoms with Gasteiger partial charge in [-0.05, 0) is 48.0 Å². The molecule has 0 fully saturated rings. The quantitative estimate of drug-likeness (QED) is 0.653. The Hall–Kier alpha value is -1.73. The highest BCUT2D eigenvalue weighted by Gasteiger charge is 2.24. The highest BCUT2D eigenvalue weighted by molar-refractivity contribution is 5.94. The van der Waals surface area contributed by atoms with Crippen LogP contribution in [0.2, 0.25) is 0 Å². The van der Waals surface area contributed by atoms with Crippen molar-refractivity contribution in [1.82, 2.24) is 18.9 Å². The second-order valence-corrected chi connectivity index (χ2v) is 7.50. The molecule has 1 atom stereocenters. The van der Waals surface area contributed by atoms with Crippen LogP contribution in [-0.4, -0.2) is 65.4 Å². The summed E-state index contributed by atoms with van der Waals surface area (Å²) < 4.78 is 2.90. The topological polar surface area (TPSA) is 62.8 Å². The van der Waals surface area contributed by atoms with E-state index in [1.54, 1.807) is 7.05 Å². The average Bonchev–Trinajstić information content (AvgIpc) is 2.95. The molecule has 0 spiro atoms. The van der Waals surface area contributed by atoms with Crippen molar-refractivity contribution in [3.05, 3.63) is 26.4 Å². The summed E-state index contributed by atoms with van der Waals surface area (Å²) >= 11 is 0. The number of fused-ring (bicyclic) bond motifs is 1. The minimum atomic E-state index is -0.265. The van der Waals surface area contributed by atoms with Crippen molar-refractivity contribution in [3.8, 4) is 0 Å². The number of rotatable bonds is 8. The summed E-state index contributed by atoms with van der Waals surface area (Å²) in [5.74, 6) is 0.532. The lowest BCUT2D eigenvalue weighted by molar-refractivity contribution is 0.290. The number of aliphatic imine (C=N–C) groups is 1. The molecule has 25 heavy (non-hydrogen) atoms. The molecule has 7 heteroatoms. The summed E-state index contributed by atoms with van der Waals surface area (Å²) in [6.45, 7) is 3.36. The van der Waals surface area contributed by atoms with Crippen LogP contribution in [0, 0.1) is 0 Å². The second-order valence-electron chi connectivity index (χ2n) is 7.50. The summed E-state index contributed by atoms with van der Waals surface area (Å²) in [4.78, 5) is 34.0. The third kappa shape index (κ3) is 4.46. The molecule has 1 aromatic heterocycles. The Morgan fingerprint density at radius 1 is 1.16 bits per heavy atom. The normalized spacial score (nSPS) is 15.0. The van der Waals surface area contributed by atoms with E-state index in [9.17, 15) is 9.59 Å². The van der Waals surface area contributed by atoms with Gasteiger partial charge < -0.3 is 9.80 Å². The van der Waals surface area contributed by atoms with E-state index in [1.165, 1.54) is 9.13 Å². The predicted molar refractivity (Wildman–Crippen MR) is 102 cm³/mol. The molecule has 0 aliphatic carbocycles. The zero-order chi connectivity index (χ0) is 18.7. The van der Waals surface area contributed by atoms with Gasteiger partial charge in [-0.25, -0.2) is 9.79 Å². The van der Waals surface area contributed by atoms with Crippen molar-refractivity contribution in [1.29, 1.82) is 0 Å². The maximum Gasteiger partial charge on any atom is 0.332 e. The Morgan fingerprint density at radius 3 is 2.44 bits per heavy atom. The SMILES string of the molecule is C[C@@H](CCCCn1c(=O)c2c(n(C)c1=O)N=C(CN(C)C)C2)N(C)C. The Morgan fingerprint density at radius 2 is 1.84 bits per heavy atom. The second kappa shape index (κ2) is 8.10. The Bertz CT molecular complexity index is 758. The maximum absolute atomic E-state index is 12.8. The van der Waals surface area contributed by atoms with E-state index in [4.69, 9.17) is 0 Å². The van der Waals surface area contributed by atoms with Crippen molar-refractivity contribution in [2.24, 2.45) is 12.0 Å². The molecule has 0 N–H and O–H groups in total. The Labute approximate surface area is 149 Å². The number of hydrogen-bond donors (Lipinski definition) is 0. The zero-order valence-electron chi connectivity index (χ0n) is 16.4. The van der Waals surface area contributed by atoms with E-state index in [1.807, 2.05) is 19.0 Å². The largest absolute Gasteiger partial charge is 0.332 e. The van der Waals surface area contributed by atoms with Gasteiger partial charge in [0.2, 0.25) is 0 Å². The molecule has 0 radical (unpaired) electrons. The standard InChI is InChI=1S/C18H31N5O2/c1-13(21(4)5)9-7-8-10-23-17(24)15-11-14(12-20(2)3)19-16(15)22(6)18(23)25/h13H,7-12H2,1-6H3/t13-/m0/s1. The fourth-order valence-corrected chi connectivity index (χ4v) is 3.13. The van der Waals surface area contributed by atoms with E-state index >= 15 is 0 Å². The van der Waals surface area contributed by atoms with Gasteiger partial charge in [0.15, 0.2) is 0 Å². The van der Waals surface area contributed by atoms with Crippen LogP contribution in [-0.2, 0) is 20.0 Å². The summed E-state index contributed by atoms with van der Waals surface area (Å²) in [7, 11) is 9.77. The molecule has 1 aliphatic rings. The van der Waals surface area contributed by atoms with Gasteiger partial charge >= 0.3 is 5.69 Å². The molecule has 140 valence electrons. The van der Waals surface area contributed by atoms with E-state index in [0.29, 0.717) is 36.9 Å². The van der Waals surface area contributed by atoms with Crippen LogP contribution in [0.3, 0.4) is 0 Å². The van der Waals surface area contributed by atoms with Crippen molar-refractivity contribution in [3.63, 3.8) is 0 Å². The van der Waals surface area contributed by atoms with Crippen LogP contribution in [0.15, 0.2) is 14.6 Å². The molecular formula is C18H31N5O2. The van der Waals surface area contributed by atoms with Crippen LogP contribution in [0.4, 0.5) is 5.82 Å². The fourth-order valence-electron chi connectivity index (χ4n) is 3.13. The average molecular weight is 349 g/mol. The van der Waals surface area contributed by atoms with Gasteiger partial charge in [0.1, 0.15) is 5.82 Å². The first kappa shape index (κ1) is 19.6. The van der Waals surface area contributed by atoms with Crippen LogP contribution >= 0.6 is 0 Å². The molecule has 0 bridgehead atoms. The van der Waals surface area contributed by atoms with Crippen LogP contribution in [0.1, 0.15) is 31.7 Å². The minimum Gasteiger partial charge on any atom is -0.307 e. The molecular weight excluding hydrogens is 318 g/mol. The van der Waals surface area contributed by atoms with Gasteiger partial charge in [-0.2, -0.15) is 0 Å². The summed E-state index contributed by atoms with van der Waals surface area (Å²) in [5, 5.41) is 0. The maximum atomic E-state index is 12.8. The van der Waals surface area contributed by atoms with Crippen molar-refractivity contribution < 1.29 is 0 Å². The van der Waals surface area contributed by atoms with Gasteiger partial charge in [-0.1, -0.05) is 6.42 Å². The van der Waals surface area contributed by atoms with E-state index in [2.05, 4.69) is 30.9 Å². The molecule has 1 aliphatic heterocycles. The number of nitrogens with zero attached hydrogens (tertiary/aromatic N) is 5. The first-order valence-electron chi connectivity index (χ1n) is 8.92. The fraction of sp³-hybridized carbons (Fsp3) is 0.722. The summed E-state index contributed by atoms with van der Waals surface area (Å²) in [6, 6.07) is 0.501. The summed E-state index contributed by atoms with van der Waals surface area (Å²) in [5.41, 5.74) is 1.15. The van der Waals surface area contributed by atoms with Crippen LogP contribution in [0.25, 0.3) is 0 Å². The number of unbranched alkanes of at least 4 members (excludes halogenated alkanes) is 1. The molecule has 2 rings (SSSR count). The monoisotopic (exact) mass is 349 g/mol. The van der Waals surface area contributed by atoms with Gasteiger partial charge in [0.05, 0.1) is 5.56 Å². The van der Waals surface area contributed by atoms with Crippen LogP contribution in [0.5, 0.6) is 0 Å². The molecule has 2 heterocycles. The predicted octanol–water partition coefficient (Wildman–Crippen LogP) is 0.858. The van der Waals surface area contributed by atoms with Crippen LogP contribution < -0.4 is 11.2 Å². The molecule has 0 saturated carbocycles. The highest BCUT2D eigenvalue weighted by Crippen LogP contribution is 2.21. The number of hydrogen-bond acceptors (Lipinski definition) is 5. The Balaban J connectivity index is 2.13. The van der Waals surface area contributed by atoms with E-state index in [0.717, 1.165) is 25.0 Å². The first-order chi connectivity index (χ1) is 11.7. The lowest BCUT2D eigenvalue weighted by Crippen LogP contribution is -2.40. The zero-order valence-corrected chi connectivity index (χ0v) is 16.4. The van der Waals surface area contributed by atoms with E-state index in [-0.39, 0.29) is 11.2 Å². The third-order valence-corrected chi connectivity index (χ3v) is 4.89. The molecule has 0 unspecified atom stereocenters. The molecule has 1 aromatic rings. The summed E-state index contributed by atoms with van der Waals surface area (Å²) in [6.07, 6.45) is 3.42. The molecule has 0 amide bonds. The van der Waals surface area contributed by atoms with E-state index < -0.39 is 0 Å². The third-order valence-electron chi connectivity index (χ3n) is 4.89. The van der Waals surface area contributed by atoms with Crippen molar-refractivity contribution in [2.45, 2.75) is 45.2 Å². The van der Waals surface area contributed by atoms with Gasteiger partial charge in [0, 0.05) is 38.3 Å². The first-order valence-corrected chi connectivity index (χ1v) is 8.92. The van der Waals surface area contributed by atoms with Crippen molar-refractivity contribution in [2.75, 3.05) is 34.7 Å². The molecule has 0 aromatic carbocycles. The van der Waals surface area contributed by atoms with Gasteiger partial charge in [-0.15, -0.1) is 0 Å². The lowest BCUT2D eigenvalue weighted by atomic mass is 10.1.